The number of hydrogen-bond acceptors (Lipinski definition) is 3. The molecular formula is C17H16Cl2N2O3. The third kappa shape index (κ3) is 4.24. The molecule has 0 aromatic heterocycles. The summed E-state index contributed by atoms with van der Waals surface area (Å²) in [7, 11) is 0. The number of carbonyl (C=O) groups is 1. The van der Waals surface area contributed by atoms with Crippen LogP contribution in [0.1, 0.15) is 5.56 Å². The van der Waals surface area contributed by atoms with Gasteiger partial charge >= 0.3 is 6.03 Å². The van der Waals surface area contributed by atoms with Crippen LogP contribution in [0.2, 0.25) is 10.0 Å². The van der Waals surface area contributed by atoms with Crippen LogP contribution in [0.5, 0.6) is 11.5 Å². The number of fused-ring (bicyclic) bond motifs is 1. The average Bonchev–Trinajstić information content (AvgIpc) is 2.55. The van der Waals surface area contributed by atoms with Crippen LogP contribution in [0.3, 0.4) is 0 Å². The zero-order valence-electron chi connectivity index (χ0n) is 12.8. The number of amides is 2. The summed E-state index contributed by atoms with van der Waals surface area (Å²) in [5.41, 5.74) is 1.61. The van der Waals surface area contributed by atoms with Gasteiger partial charge in [0.15, 0.2) is 11.5 Å². The zero-order chi connectivity index (χ0) is 16.9. The molecule has 0 saturated heterocycles. The lowest BCUT2D eigenvalue weighted by Gasteiger charge is -2.20. The second-order valence-corrected chi connectivity index (χ2v) is 6.09. The van der Waals surface area contributed by atoms with Crippen molar-refractivity contribution in [1.82, 2.24) is 5.32 Å². The second-order valence-electron chi connectivity index (χ2n) is 5.24. The normalized spacial score (nSPS) is 12.6. The Kier molecular flexibility index (Phi) is 5.33. The van der Waals surface area contributed by atoms with Gasteiger partial charge in [0, 0.05) is 17.3 Å². The van der Waals surface area contributed by atoms with Crippen molar-refractivity contribution in [2.45, 2.75) is 6.42 Å². The third-order valence-electron chi connectivity index (χ3n) is 3.44. The summed E-state index contributed by atoms with van der Waals surface area (Å²) >= 11 is 12.1. The fourth-order valence-corrected chi connectivity index (χ4v) is 2.85. The van der Waals surface area contributed by atoms with E-state index in [9.17, 15) is 4.79 Å². The lowest BCUT2D eigenvalue weighted by atomic mass is 10.1. The fourth-order valence-electron chi connectivity index (χ4n) is 2.37. The Morgan fingerprint density at radius 2 is 1.96 bits per heavy atom. The Morgan fingerprint density at radius 1 is 1.12 bits per heavy atom. The first-order chi connectivity index (χ1) is 11.6. The van der Waals surface area contributed by atoms with Crippen molar-refractivity contribution in [3.8, 4) is 11.5 Å². The molecule has 1 aliphatic heterocycles. The summed E-state index contributed by atoms with van der Waals surface area (Å²) in [6.07, 6.45) is 0.624. The maximum atomic E-state index is 11.9. The molecule has 1 aliphatic rings. The van der Waals surface area contributed by atoms with Crippen molar-refractivity contribution >= 4 is 34.9 Å². The first-order valence-corrected chi connectivity index (χ1v) is 8.26. The van der Waals surface area contributed by atoms with E-state index in [1.807, 2.05) is 12.1 Å². The molecule has 0 bridgehead atoms. The van der Waals surface area contributed by atoms with Crippen LogP contribution in [0.15, 0.2) is 36.4 Å². The minimum absolute atomic E-state index is 0.291. The first-order valence-electron chi connectivity index (χ1n) is 7.50. The largest absolute Gasteiger partial charge is 0.486 e. The van der Waals surface area contributed by atoms with Gasteiger partial charge in [-0.25, -0.2) is 4.79 Å². The molecule has 2 aromatic rings. The van der Waals surface area contributed by atoms with Gasteiger partial charge in [-0.05, 0) is 42.3 Å². The number of benzene rings is 2. The number of anilines is 1. The van der Waals surface area contributed by atoms with Gasteiger partial charge in [-0.3, -0.25) is 0 Å². The Bertz CT molecular complexity index is 753. The average molecular weight is 367 g/mol. The van der Waals surface area contributed by atoms with E-state index in [4.69, 9.17) is 32.7 Å². The Morgan fingerprint density at radius 3 is 2.79 bits per heavy atom. The minimum atomic E-state index is -0.291. The molecule has 2 N–H and O–H groups in total. The molecule has 2 aromatic carbocycles. The monoisotopic (exact) mass is 366 g/mol. The third-order valence-corrected chi connectivity index (χ3v) is 3.95. The van der Waals surface area contributed by atoms with E-state index in [0.29, 0.717) is 53.4 Å². The van der Waals surface area contributed by atoms with E-state index < -0.39 is 0 Å². The van der Waals surface area contributed by atoms with Crippen LogP contribution < -0.4 is 20.1 Å². The SMILES string of the molecule is O=C(NCCc1cc(Cl)c2c(c1)OCCO2)Nc1cccc(Cl)c1. The molecular weight excluding hydrogens is 351 g/mol. The molecule has 0 unspecified atom stereocenters. The first kappa shape index (κ1) is 16.7. The van der Waals surface area contributed by atoms with Crippen LogP contribution in [0.4, 0.5) is 10.5 Å². The minimum Gasteiger partial charge on any atom is -0.486 e. The van der Waals surface area contributed by atoms with E-state index in [1.165, 1.54) is 0 Å². The van der Waals surface area contributed by atoms with Crippen molar-refractivity contribution < 1.29 is 14.3 Å². The number of rotatable bonds is 4. The highest BCUT2D eigenvalue weighted by Crippen LogP contribution is 2.38. The second kappa shape index (κ2) is 7.64. The van der Waals surface area contributed by atoms with Crippen LogP contribution in [0.25, 0.3) is 0 Å². The lowest BCUT2D eigenvalue weighted by molar-refractivity contribution is 0.171. The number of halogens is 2. The van der Waals surface area contributed by atoms with Gasteiger partial charge in [0.2, 0.25) is 0 Å². The van der Waals surface area contributed by atoms with Crippen LogP contribution in [-0.2, 0) is 6.42 Å². The van der Waals surface area contributed by atoms with Crippen molar-refractivity contribution in [1.29, 1.82) is 0 Å². The van der Waals surface area contributed by atoms with Gasteiger partial charge in [0.1, 0.15) is 13.2 Å². The number of ether oxygens (including phenoxy) is 2. The molecule has 5 nitrogen and oxygen atoms in total. The number of urea groups is 1. The molecule has 0 radical (unpaired) electrons. The molecule has 0 fully saturated rings. The molecule has 7 heteroatoms. The number of hydrogen-bond donors (Lipinski definition) is 2. The predicted molar refractivity (Wildman–Crippen MR) is 94.6 cm³/mol. The van der Waals surface area contributed by atoms with E-state index >= 15 is 0 Å². The summed E-state index contributed by atoms with van der Waals surface area (Å²) in [5, 5.41) is 6.60. The van der Waals surface area contributed by atoms with Gasteiger partial charge in [-0.2, -0.15) is 0 Å². The molecule has 0 spiro atoms. The maximum absolute atomic E-state index is 11.9. The van der Waals surface area contributed by atoms with E-state index in [1.54, 1.807) is 24.3 Å². The Labute approximate surface area is 149 Å². The standard InChI is InChI=1S/C17H16Cl2N2O3/c18-12-2-1-3-13(10-12)21-17(22)20-5-4-11-8-14(19)16-15(9-11)23-6-7-24-16/h1-3,8-10H,4-7H2,(H2,20,21,22). The Balaban J connectivity index is 1.53. The van der Waals surface area contributed by atoms with E-state index in [2.05, 4.69) is 10.6 Å². The topological polar surface area (TPSA) is 59.6 Å². The van der Waals surface area contributed by atoms with E-state index in [0.717, 1.165) is 5.56 Å². The van der Waals surface area contributed by atoms with Crippen LogP contribution in [-0.4, -0.2) is 25.8 Å². The highest BCUT2D eigenvalue weighted by atomic mass is 35.5. The molecule has 24 heavy (non-hydrogen) atoms. The maximum Gasteiger partial charge on any atom is 0.319 e. The molecule has 0 aliphatic carbocycles. The smallest absolute Gasteiger partial charge is 0.319 e. The number of carbonyl (C=O) groups excluding carboxylic acids is 1. The van der Waals surface area contributed by atoms with Crippen molar-refractivity contribution in [2.24, 2.45) is 0 Å². The quantitative estimate of drug-likeness (QED) is 0.854. The van der Waals surface area contributed by atoms with Gasteiger partial charge in [0.05, 0.1) is 5.02 Å². The molecule has 126 valence electrons. The summed E-state index contributed by atoms with van der Waals surface area (Å²) in [6.45, 7) is 1.47. The summed E-state index contributed by atoms with van der Waals surface area (Å²) in [6, 6.07) is 10.4. The van der Waals surface area contributed by atoms with Crippen LogP contribution >= 0.6 is 23.2 Å². The van der Waals surface area contributed by atoms with E-state index in [-0.39, 0.29) is 6.03 Å². The molecule has 0 atom stereocenters. The highest BCUT2D eigenvalue weighted by Gasteiger charge is 2.16. The van der Waals surface area contributed by atoms with Gasteiger partial charge in [0.25, 0.3) is 0 Å². The van der Waals surface area contributed by atoms with Crippen LogP contribution in [0, 0.1) is 0 Å². The van der Waals surface area contributed by atoms with Gasteiger partial charge in [-0.1, -0.05) is 29.3 Å². The molecule has 1 heterocycles. The molecule has 2 amide bonds. The Hall–Kier alpha value is -2.11. The van der Waals surface area contributed by atoms with Crippen molar-refractivity contribution in [3.63, 3.8) is 0 Å². The lowest BCUT2D eigenvalue weighted by Crippen LogP contribution is -2.30. The van der Waals surface area contributed by atoms with Gasteiger partial charge in [-0.15, -0.1) is 0 Å². The zero-order valence-corrected chi connectivity index (χ0v) is 14.3. The summed E-state index contributed by atoms with van der Waals surface area (Å²) < 4.78 is 11.0. The predicted octanol–water partition coefficient (Wildman–Crippen LogP) is 4.13. The van der Waals surface area contributed by atoms with Gasteiger partial charge < -0.3 is 20.1 Å². The van der Waals surface area contributed by atoms with Crippen molar-refractivity contribution in [3.05, 3.63) is 52.0 Å². The molecule has 0 saturated carbocycles. The fraction of sp³-hybridized carbons (Fsp3) is 0.235. The number of nitrogens with one attached hydrogen (secondary N) is 2. The molecule has 3 rings (SSSR count). The highest BCUT2D eigenvalue weighted by molar-refractivity contribution is 6.32. The van der Waals surface area contributed by atoms with Crippen molar-refractivity contribution in [2.75, 3.05) is 25.1 Å². The summed E-state index contributed by atoms with van der Waals surface area (Å²) in [4.78, 5) is 11.9. The summed E-state index contributed by atoms with van der Waals surface area (Å²) in [5.74, 6) is 1.23.